The second-order valence-corrected chi connectivity index (χ2v) is 6.57. The number of halogens is 1. The number of nitrogens with one attached hydrogen (secondary N) is 1. The van der Waals surface area contributed by atoms with Crippen molar-refractivity contribution in [3.63, 3.8) is 0 Å². The van der Waals surface area contributed by atoms with Crippen molar-refractivity contribution in [1.82, 2.24) is 15.1 Å². The normalized spacial score (nSPS) is 22.8. The lowest BCUT2D eigenvalue weighted by molar-refractivity contribution is 0.123. The molecule has 1 aromatic rings. The topological polar surface area (TPSA) is 61.9 Å². The predicted molar refractivity (Wildman–Crippen MR) is 86.1 cm³/mol. The van der Waals surface area contributed by atoms with Crippen molar-refractivity contribution in [2.45, 2.75) is 38.5 Å². The molecule has 2 fully saturated rings. The summed E-state index contributed by atoms with van der Waals surface area (Å²) in [4.78, 5) is 27.5. The molecule has 0 aromatic heterocycles. The summed E-state index contributed by atoms with van der Waals surface area (Å²) in [6, 6.07) is 6.07. The molecule has 130 valence electrons. The number of ether oxygens (including phenoxy) is 1. The summed E-state index contributed by atoms with van der Waals surface area (Å²) >= 11 is 0. The molecule has 2 atom stereocenters. The highest BCUT2D eigenvalue weighted by atomic mass is 19.1. The van der Waals surface area contributed by atoms with Crippen molar-refractivity contribution < 1.29 is 18.7 Å². The number of benzene rings is 1. The van der Waals surface area contributed by atoms with Crippen LogP contribution in [0.1, 0.15) is 19.4 Å². The van der Waals surface area contributed by atoms with Crippen molar-refractivity contribution in [2.75, 3.05) is 19.6 Å². The van der Waals surface area contributed by atoms with Crippen LogP contribution in [0.2, 0.25) is 0 Å². The number of hydrogen-bond donors (Lipinski definition) is 1. The first-order valence-electron chi connectivity index (χ1n) is 8.21. The van der Waals surface area contributed by atoms with E-state index in [0.717, 1.165) is 5.56 Å². The third-order valence-electron chi connectivity index (χ3n) is 4.38. The minimum Gasteiger partial charge on any atom is -0.442 e. The third kappa shape index (κ3) is 3.44. The van der Waals surface area contributed by atoms with Crippen LogP contribution in [0.5, 0.6) is 0 Å². The van der Waals surface area contributed by atoms with Crippen LogP contribution >= 0.6 is 0 Å². The van der Waals surface area contributed by atoms with Gasteiger partial charge in [0.1, 0.15) is 11.9 Å². The summed E-state index contributed by atoms with van der Waals surface area (Å²) < 4.78 is 18.3. The van der Waals surface area contributed by atoms with Crippen LogP contribution < -0.4 is 5.32 Å². The van der Waals surface area contributed by atoms with E-state index in [0.29, 0.717) is 26.1 Å². The van der Waals surface area contributed by atoms with Crippen LogP contribution in [-0.4, -0.2) is 59.7 Å². The highest BCUT2D eigenvalue weighted by Crippen LogP contribution is 2.27. The molecular formula is C17H22FN3O3. The fourth-order valence-corrected chi connectivity index (χ4v) is 3.17. The number of hydrogen-bond acceptors (Lipinski definition) is 3. The van der Waals surface area contributed by atoms with Crippen molar-refractivity contribution in [3.8, 4) is 0 Å². The van der Waals surface area contributed by atoms with Gasteiger partial charge >= 0.3 is 12.1 Å². The second kappa shape index (κ2) is 6.67. The van der Waals surface area contributed by atoms with Gasteiger partial charge in [-0.05, 0) is 38.0 Å². The van der Waals surface area contributed by atoms with Gasteiger partial charge in [-0.25, -0.2) is 14.0 Å². The smallest absolute Gasteiger partial charge is 0.410 e. The first-order valence-corrected chi connectivity index (χ1v) is 8.21. The second-order valence-electron chi connectivity index (χ2n) is 6.57. The fourth-order valence-electron chi connectivity index (χ4n) is 3.17. The molecule has 0 unspecified atom stereocenters. The van der Waals surface area contributed by atoms with E-state index in [9.17, 15) is 14.0 Å². The zero-order chi connectivity index (χ0) is 17.3. The molecule has 2 aliphatic rings. The number of nitrogens with zero attached hydrogens (tertiary/aromatic N) is 2. The van der Waals surface area contributed by atoms with Gasteiger partial charge in [-0.1, -0.05) is 12.1 Å². The Bertz CT molecular complexity index is 620. The summed E-state index contributed by atoms with van der Waals surface area (Å²) in [6.07, 6.45) is 0.0104. The van der Waals surface area contributed by atoms with Gasteiger partial charge in [0, 0.05) is 19.1 Å². The van der Waals surface area contributed by atoms with Crippen LogP contribution in [-0.2, 0) is 11.2 Å². The minimum atomic E-state index is -0.337. The number of urea groups is 1. The van der Waals surface area contributed by atoms with Crippen LogP contribution in [0.15, 0.2) is 24.3 Å². The maximum Gasteiger partial charge on any atom is 0.410 e. The Hall–Kier alpha value is -2.31. The van der Waals surface area contributed by atoms with Gasteiger partial charge in [0.2, 0.25) is 0 Å². The molecule has 0 saturated carbocycles. The monoisotopic (exact) mass is 335 g/mol. The molecule has 3 rings (SSSR count). The number of carbonyl (C=O) groups excluding carboxylic acids is 2. The molecule has 2 heterocycles. The number of carbonyl (C=O) groups is 2. The lowest BCUT2D eigenvalue weighted by atomic mass is 10.1. The maximum atomic E-state index is 12.9. The molecule has 3 amide bonds. The highest BCUT2D eigenvalue weighted by molar-refractivity contribution is 5.76. The predicted octanol–water partition coefficient (Wildman–Crippen LogP) is 1.99. The van der Waals surface area contributed by atoms with Gasteiger partial charge in [0.15, 0.2) is 0 Å². The zero-order valence-electron chi connectivity index (χ0n) is 13.9. The Morgan fingerprint density at radius 2 is 2.04 bits per heavy atom. The van der Waals surface area contributed by atoms with Gasteiger partial charge < -0.3 is 15.0 Å². The van der Waals surface area contributed by atoms with Crippen molar-refractivity contribution >= 4 is 12.1 Å². The summed E-state index contributed by atoms with van der Waals surface area (Å²) in [5.41, 5.74) is 0.958. The van der Waals surface area contributed by atoms with E-state index < -0.39 is 0 Å². The van der Waals surface area contributed by atoms with Crippen molar-refractivity contribution in [2.24, 2.45) is 0 Å². The first-order chi connectivity index (χ1) is 11.4. The van der Waals surface area contributed by atoms with E-state index in [-0.39, 0.29) is 36.1 Å². The van der Waals surface area contributed by atoms with E-state index >= 15 is 0 Å². The minimum absolute atomic E-state index is 0.0649. The Kier molecular flexibility index (Phi) is 4.59. The molecule has 2 aliphatic heterocycles. The summed E-state index contributed by atoms with van der Waals surface area (Å²) in [5.74, 6) is -0.276. The largest absolute Gasteiger partial charge is 0.442 e. The van der Waals surface area contributed by atoms with Gasteiger partial charge in [0.05, 0.1) is 12.6 Å². The Balaban J connectivity index is 1.59. The molecule has 7 heteroatoms. The summed E-state index contributed by atoms with van der Waals surface area (Å²) in [6.45, 7) is 5.19. The van der Waals surface area contributed by atoms with E-state index in [1.165, 1.54) is 12.1 Å². The van der Waals surface area contributed by atoms with Crippen LogP contribution in [0, 0.1) is 5.82 Å². The van der Waals surface area contributed by atoms with Gasteiger partial charge in [0.25, 0.3) is 0 Å². The average Bonchev–Trinajstić information content (AvgIpc) is 3.04. The molecule has 0 spiro atoms. The van der Waals surface area contributed by atoms with Crippen molar-refractivity contribution in [1.29, 1.82) is 0 Å². The van der Waals surface area contributed by atoms with E-state index in [2.05, 4.69) is 5.32 Å². The lowest BCUT2D eigenvalue weighted by Gasteiger charge is -2.23. The molecule has 1 N–H and O–H groups in total. The number of amides is 3. The summed E-state index contributed by atoms with van der Waals surface area (Å²) in [5, 5.41) is 2.86. The van der Waals surface area contributed by atoms with Gasteiger partial charge in [-0.3, -0.25) is 4.90 Å². The quantitative estimate of drug-likeness (QED) is 0.915. The summed E-state index contributed by atoms with van der Waals surface area (Å²) in [7, 11) is 0. The number of likely N-dealkylation sites (tertiary alicyclic amines) is 1. The van der Waals surface area contributed by atoms with E-state index in [1.807, 2.05) is 13.8 Å². The highest BCUT2D eigenvalue weighted by Gasteiger charge is 2.48. The molecule has 0 radical (unpaired) electrons. The Morgan fingerprint density at radius 3 is 2.71 bits per heavy atom. The lowest BCUT2D eigenvalue weighted by Crippen LogP contribution is -2.45. The molecule has 24 heavy (non-hydrogen) atoms. The third-order valence-corrected chi connectivity index (χ3v) is 4.38. The molecule has 1 aromatic carbocycles. The average molecular weight is 335 g/mol. The van der Waals surface area contributed by atoms with Crippen LogP contribution in [0.4, 0.5) is 14.0 Å². The van der Waals surface area contributed by atoms with Gasteiger partial charge in [-0.15, -0.1) is 0 Å². The van der Waals surface area contributed by atoms with Crippen LogP contribution in [0.25, 0.3) is 0 Å². The van der Waals surface area contributed by atoms with E-state index in [1.54, 1.807) is 21.9 Å². The standard InChI is InChI=1S/C17H22FN3O3/c1-11(2)19-16(22)20-9-14-15(10-20)24-17(23)21(14)8-7-12-3-5-13(18)6-4-12/h3-6,11,14-15H,7-10H2,1-2H3,(H,19,22)/t14-,15+/m0/s1. The van der Waals surface area contributed by atoms with E-state index in [4.69, 9.17) is 4.74 Å². The van der Waals surface area contributed by atoms with Crippen LogP contribution in [0.3, 0.4) is 0 Å². The fraction of sp³-hybridized carbons (Fsp3) is 0.529. The molecule has 6 nitrogen and oxygen atoms in total. The Labute approximate surface area is 140 Å². The molecular weight excluding hydrogens is 313 g/mol. The number of fused-ring (bicyclic) bond motifs is 1. The first kappa shape index (κ1) is 16.5. The molecule has 2 saturated heterocycles. The van der Waals surface area contributed by atoms with Crippen molar-refractivity contribution in [3.05, 3.63) is 35.6 Å². The molecule has 0 aliphatic carbocycles. The Morgan fingerprint density at radius 1 is 1.33 bits per heavy atom. The SMILES string of the molecule is CC(C)NC(=O)N1C[C@H]2OC(=O)N(CCc3ccc(F)cc3)[C@H]2C1. The number of rotatable bonds is 4. The zero-order valence-corrected chi connectivity index (χ0v) is 13.9. The maximum absolute atomic E-state index is 12.9. The molecule has 0 bridgehead atoms. The van der Waals surface area contributed by atoms with Gasteiger partial charge in [-0.2, -0.15) is 0 Å².